The van der Waals surface area contributed by atoms with Gasteiger partial charge in [-0.2, -0.15) is 0 Å². The van der Waals surface area contributed by atoms with Crippen molar-refractivity contribution in [2.24, 2.45) is 0 Å². The van der Waals surface area contributed by atoms with E-state index in [4.69, 9.17) is 44.3 Å². The zero-order chi connectivity index (χ0) is 18.5. The third-order valence-electron chi connectivity index (χ3n) is 3.78. The molecule has 4 nitrogen and oxygen atoms in total. The lowest BCUT2D eigenvalue weighted by molar-refractivity contribution is 0.162. The van der Waals surface area contributed by atoms with E-state index in [-0.39, 0.29) is 10.8 Å². The first-order valence-electron chi connectivity index (χ1n) is 8.00. The summed E-state index contributed by atoms with van der Waals surface area (Å²) in [5, 5.41) is 1.27. The van der Waals surface area contributed by atoms with Crippen molar-refractivity contribution in [1.82, 2.24) is 4.90 Å². The Kier molecular flexibility index (Phi) is 6.81. The van der Waals surface area contributed by atoms with Crippen LogP contribution in [-0.2, 0) is 0 Å². The molecule has 0 saturated carbocycles. The number of thioether (sulfide) groups is 1. The van der Waals surface area contributed by atoms with Crippen LogP contribution in [-0.4, -0.2) is 30.0 Å². The van der Waals surface area contributed by atoms with Gasteiger partial charge in [-0.3, -0.25) is 0 Å². The van der Waals surface area contributed by atoms with Gasteiger partial charge in [0.1, 0.15) is 11.7 Å². The van der Waals surface area contributed by atoms with Crippen molar-refractivity contribution in [3.63, 3.8) is 0 Å². The van der Waals surface area contributed by atoms with E-state index < -0.39 is 6.09 Å². The van der Waals surface area contributed by atoms with Crippen molar-refractivity contribution in [3.8, 4) is 11.5 Å². The third kappa shape index (κ3) is 5.13. The van der Waals surface area contributed by atoms with Gasteiger partial charge in [0, 0.05) is 29.1 Å². The summed E-state index contributed by atoms with van der Waals surface area (Å²) >= 11 is 19.8. The van der Waals surface area contributed by atoms with Crippen LogP contribution in [0.2, 0.25) is 15.1 Å². The molecular formula is C18H16Cl3NO3S. The molecule has 1 aliphatic heterocycles. The highest BCUT2D eigenvalue weighted by Gasteiger charge is 2.21. The zero-order valence-electron chi connectivity index (χ0n) is 13.7. The fourth-order valence-corrected chi connectivity index (χ4v) is 3.91. The Bertz CT molecular complexity index is 797. The van der Waals surface area contributed by atoms with Crippen molar-refractivity contribution in [2.75, 3.05) is 19.0 Å². The smallest absolute Gasteiger partial charge is 0.415 e. The number of hydrogen-bond acceptors (Lipinski definition) is 4. The standard InChI is InChI=1S/C18H16Cl3NO3S/c19-12-4-3-5-13(8-12)26-11-24-16-10-17(15(21)9-14(16)20)25-18(23)22-6-1-2-7-22/h3-5,8-10H,1-2,6-7,11H2. The van der Waals surface area contributed by atoms with Gasteiger partial charge < -0.3 is 14.4 Å². The largest absolute Gasteiger partial charge is 0.481 e. The van der Waals surface area contributed by atoms with E-state index in [9.17, 15) is 4.79 Å². The average Bonchev–Trinajstić information content (AvgIpc) is 3.13. The lowest BCUT2D eigenvalue weighted by Gasteiger charge is -2.16. The van der Waals surface area contributed by atoms with Crippen molar-refractivity contribution >= 4 is 52.7 Å². The van der Waals surface area contributed by atoms with E-state index in [2.05, 4.69) is 0 Å². The van der Waals surface area contributed by atoms with Crippen LogP contribution >= 0.6 is 46.6 Å². The van der Waals surface area contributed by atoms with Crippen LogP contribution in [0.25, 0.3) is 0 Å². The molecule has 0 unspecified atom stereocenters. The molecule has 0 bridgehead atoms. The fraction of sp³-hybridized carbons (Fsp3) is 0.278. The highest BCUT2D eigenvalue weighted by atomic mass is 35.5. The first-order chi connectivity index (χ1) is 12.5. The average molecular weight is 433 g/mol. The van der Waals surface area contributed by atoms with Crippen LogP contribution in [0.5, 0.6) is 11.5 Å². The molecule has 138 valence electrons. The van der Waals surface area contributed by atoms with E-state index in [1.165, 1.54) is 23.9 Å². The monoisotopic (exact) mass is 431 g/mol. The summed E-state index contributed by atoms with van der Waals surface area (Å²) in [6.45, 7) is 1.40. The van der Waals surface area contributed by atoms with Gasteiger partial charge in [-0.1, -0.05) is 52.6 Å². The third-order valence-corrected chi connectivity index (χ3v) is 5.43. The normalized spacial score (nSPS) is 13.7. The Morgan fingerprint density at radius 1 is 1.04 bits per heavy atom. The molecule has 8 heteroatoms. The molecule has 0 aliphatic carbocycles. The summed E-state index contributed by atoms with van der Waals surface area (Å²) in [4.78, 5) is 14.8. The maximum Gasteiger partial charge on any atom is 0.415 e. The number of hydrogen-bond donors (Lipinski definition) is 0. The predicted octanol–water partition coefficient (Wildman–Crippen LogP) is 6.37. The minimum atomic E-state index is -0.411. The molecule has 2 aromatic rings. The first-order valence-corrected chi connectivity index (χ1v) is 10.1. The molecule has 2 aromatic carbocycles. The number of likely N-dealkylation sites (tertiary alicyclic amines) is 1. The van der Waals surface area contributed by atoms with Crippen molar-refractivity contribution < 1.29 is 14.3 Å². The maximum atomic E-state index is 12.1. The number of nitrogens with zero attached hydrogens (tertiary/aromatic N) is 1. The van der Waals surface area contributed by atoms with Gasteiger partial charge in [0.25, 0.3) is 0 Å². The summed E-state index contributed by atoms with van der Waals surface area (Å²) < 4.78 is 11.1. The van der Waals surface area contributed by atoms with Crippen LogP contribution in [0.1, 0.15) is 12.8 Å². The second-order valence-electron chi connectivity index (χ2n) is 5.64. The van der Waals surface area contributed by atoms with Crippen LogP contribution in [0.3, 0.4) is 0 Å². The lowest BCUT2D eigenvalue weighted by atomic mass is 10.3. The van der Waals surface area contributed by atoms with E-state index in [1.54, 1.807) is 4.90 Å². The summed E-state index contributed by atoms with van der Waals surface area (Å²) in [5.41, 5.74) is 0. The van der Waals surface area contributed by atoms with Gasteiger partial charge in [-0.15, -0.1) is 0 Å². The molecule has 1 aliphatic rings. The van der Waals surface area contributed by atoms with Crippen LogP contribution in [0.15, 0.2) is 41.3 Å². The maximum absolute atomic E-state index is 12.1. The summed E-state index contributed by atoms with van der Waals surface area (Å²) in [5.74, 6) is 0.951. The molecule has 0 N–H and O–H groups in total. The van der Waals surface area contributed by atoms with Crippen molar-refractivity contribution in [1.29, 1.82) is 0 Å². The molecule has 3 rings (SSSR count). The van der Waals surface area contributed by atoms with Gasteiger partial charge in [0.15, 0.2) is 5.75 Å². The molecule has 1 heterocycles. The second kappa shape index (κ2) is 9.09. The van der Waals surface area contributed by atoms with Gasteiger partial charge in [-0.25, -0.2) is 4.79 Å². The van der Waals surface area contributed by atoms with E-state index in [1.807, 2.05) is 24.3 Å². The Labute approximate surface area is 171 Å². The Morgan fingerprint density at radius 2 is 1.77 bits per heavy atom. The predicted molar refractivity (Wildman–Crippen MR) is 106 cm³/mol. The summed E-state index contributed by atoms with van der Waals surface area (Å²) in [6, 6.07) is 10.5. The lowest BCUT2D eigenvalue weighted by Crippen LogP contribution is -2.30. The van der Waals surface area contributed by atoms with Crippen LogP contribution in [0.4, 0.5) is 4.79 Å². The highest BCUT2D eigenvalue weighted by molar-refractivity contribution is 7.99. The molecule has 0 radical (unpaired) electrons. The van der Waals surface area contributed by atoms with Gasteiger partial charge in [-0.05, 0) is 37.1 Å². The second-order valence-corrected chi connectivity index (χ2v) is 7.89. The summed E-state index contributed by atoms with van der Waals surface area (Å²) in [6.07, 6.45) is 1.56. The number of amides is 1. The topological polar surface area (TPSA) is 38.8 Å². The van der Waals surface area contributed by atoms with E-state index in [0.29, 0.717) is 34.8 Å². The van der Waals surface area contributed by atoms with Gasteiger partial charge in [0.05, 0.1) is 10.0 Å². The minimum Gasteiger partial charge on any atom is -0.481 e. The first kappa shape index (κ1) is 19.5. The molecule has 1 fully saturated rings. The van der Waals surface area contributed by atoms with E-state index in [0.717, 1.165) is 17.7 Å². The number of carbonyl (C=O) groups excluding carboxylic acids is 1. The van der Waals surface area contributed by atoms with Gasteiger partial charge >= 0.3 is 6.09 Å². The van der Waals surface area contributed by atoms with Crippen molar-refractivity contribution in [2.45, 2.75) is 17.7 Å². The van der Waals surface area contributed by atoms with E-state index >= 15 is 0 Å². The fourth-order valence-electron chi connectivity index (χ4n) is 2.48. The number of benzene rings is 2. The molecule has 1 saturated heterocycles. The van der Waals surface area contributed by atoms with Crippen LogP contribution in [0, 0.1) is 0 Å². The highest BCUT2D eigenvalue weighted by Crippen LogP contribution is 2.37. The molecule has 26 heavy (non-hydrogen) atoms. The number of ether oxygens (including phenoxy) is 2. The number of rotatable bonds is 5. The number of carbonyl (C=O) groups is 1. The Balaban J connectivity index is 1.64. The molecule has 0 atom stereocenters. The Hall–Kier alpha value is -1.27. The Morgan fingerprint density at radius 3 is 2.50 bits per heavy atom. The molecule has 1 amide bonds. The molecular weight excluding hydrogens is 417 g/mol. The molecule has 0 spiro atoms. The van der Waals surface area contributed by atoms with Crippen LogP contribution < -0.4 is 9.47 Å². The SMILES string of the molecule is O=C(Oc1cc(OCSc2cccc(Cl)c2)c(Cl)cc1Cl)N1CCCC1. The zero-order valence-corrected chi connectivity index (χ0v) is 16.8. The quantitative estimate of drug-likeness (QED) is 0.406. The molecule has 0 aromatic heterocycles. The van der Waals surface area contributed by atoms with Gasteiger partial charge in [0.2, 0.25) is 0 Å². The summed E-state index contributed by atoms with van der Waals surface area (Å²) in [7, 11) is 0. The minimum absolute atomic E-state index is 0.232. The number of halogens is 3. The van der Waals surface area contributed by atoms with Crippen molar-refractivity contribution in [3.05, 3.63) is 51.5 Å².